The molecule has 1 unspecified atom stereocenters. The van der Waals surface area contributed by atoms with Gasteiger partial charge in [0.1, 0.15) is 14.8 Å². The lowest BCUT2D eigenvalue weighted by atomic mass is 10.1. The summed E-state index contributed by atoms with van der Waals surface area (Å²) < 4.78 is 30.2. The Hall–Kier alpha value is -1.71. The minimum absolute atomic E-state index is 0.0307. The SMILES string of the molecule is CCC(C)NS(=O)(=O)c1cc(-c2nc(C)c(C(=O)N3CCCCC3)s2)n(C)c1C. The summed E-state index contributed by atoms with van der Waals surface area (Å²) in [6.45, 7) is 9.00. The second kappa shape index (κ2) is 8.57. The van der Waals surface area contributed by atoms with E-state index >= 15 is 0 Å². The maximum Gasteiger partial charge on any atom is 0.265 e. The molecular formula is C20H30N4O3S2. The first-order chi connectivity index (χ1) is 13.7. The molecule has 3 rings (SSSR count). The number of carbonyl (C=O) groups is 1. The van der Waals surface area contributed by atoms with Gasteiger partial charge in [0.15, 0.2) is 0 Å². The van der Waals surface area contributed by atoms with Crippen molar-refractivity contribution < 1.29 is 13.2 Å². The maximum absolute atomic E-state index is 12.9. The van der Waals surface area contributed by atoms with Crippen molar-refractivity contribution in [1.82, 2.24) is 19.2 Å². The van der Waals surface area contributed by atoms with E-state index in [4.69, 9.17) is 0 Å². The Morgan fingerprint density at radius 2 is 1.93 bits per heavy atom. The minimum Gasteiger partial charge on any atom is -0.345 e. The molecule has 0 bridgehead atoms. The van der Waals surface area contributed by atoms with Crippen LogP contribution in [0.3, 0.4) is 0 Å². The summed E-state index contributed by atoms with van der Waals surface area (Å²) in [5.41, 5.74) is 2.05. The van der Waals surface area contributed by atoms with Crippen molar-refractivity contribution in [2.24, 2.45) is 7.05 Å². The number of piperidine rings is 1. The van der Waals surface area contributed by atoms with Gasteiger partial charge >= 0.3 is 0 Å². The zero-order valence-electron chi connectivity index (χ0n) is 17.8. The van der Waals surface area contributed by atoms with Crippen LogP contribution in [0.25, 0.3) is 10.7 Å². The maximum atomic E-state index is 12.9. The minimum atomic E-state index is -3.62. The van der Waals surface area contributed by atoms with Gasteiger partial charge in [-0.1, -0.05) is 6.92 Å². The number of nitrogens with one attached hydrogen (secondary N) is 1. The van der Waals surface area contributed by atoms with Gasteiger partial charge in [-0.15, -0.1) is 11.3 Å². The number of thiazole rings is 1. The molecule has 0 radical (unpaired) electrons. The Labute approximate surface area is 177 Å². The third-order valence-electron chi connectivity index (χ3n) is 5.60. The normalized spacial score (nSPS) is 16.2. The van der Waals surface area contributed by atoms with Crippen LogP contribution in [0.15, 0.2) is 11.0 Å². The van der Waals surface area contributed by atoms with Gasteiger partial charge in [0.2, 0.25) is 10.0 Å². The lowest BCUT2D eigenvalue weighted by molar-refractivity contribution is 0.0728. The van der Waals surface area contributed by atoms with Crippen LogP contribution >= 0.6 is 11.3 Å². The first-order valence-electron chi connectivity index (χ1n) is 10.1. The van der Waals surface area contributed by atoms with E-state index in [9.17, 15) is 13.2 Å². The first kappa shape index (κ1) is 22.0. The smallest absolute Gasteiger partial charge is 0.265 e. The van der Waals surface area contributed by atoms with E-state index in [0.717, 1.165) is 25.9 Å². The van der Waals surface area contributed by atoms with Crippen LogP contribution in [-0.2, 0) is 17.1 Å². The zero-order valence-corrected chi connectivity index (χ0v) is 19.4. The van der Waals surface area contributed by atoms with Gasteiger partial charge in [0.05, 0.1) is 11.4 Å². The van der Waals surface area contributed by atoms with Crippen molar-refractivity contribution in [3.63, 3.8) is 0 Å². The number of hydrogen-bond acceptors (Lipinski definition) is 5. The molecular weight excluding hydrogens is 408 g/mol. The van der Waals surface area contributed by atoms with E-state index in [1.54, 1.807) is 13.0 Å². The number of carbonyl (C=O) groups excluding carboxylic acids is 1. The Morgan fingerprint density at radius 1 is 1.28 bits per heavy atom. The average Bonchev–Trinajstić information content (AvgIpc) is 3.22. The third-order valence-corrected chi connectivity index (χ3v) is 8.47. The molecule has 1 saturated heterocycles. The topological polar surface area (TPSA) is 84.3 Å². The highest BCUT2D eigenvalue weighted by atomic mass is 32.2. The molecule has 29 heavy (non-hydrogen) atoms. The molecule has 1 aliphatic rings. The van der Waals surface area contributed by atoms with Crippen LogP contribution in [0.5, 0.6) is 0 Å². The van der Waals surface area contributed by atoms with Gasteiger partial charge < -0.3 is 9.47 Å². The van der Waals surface area contributed by atoms with Crippen LogP contribution in [-0.4, -0.2) is 47.9 Å². The largest absolute Gasteiger partial charge is 0.345 e. The summed E-state index contributed by atoms with van der Waals surface area (Å²) in [5, 5.41) is 0.665. The highest BCUT2D eigenvalue weighted by Gasteiger charge is 2.27. The molecule has 7 nitrogen and oxygen atoms in total. The number of nitrogens with zero attached hydrogens (tertiary/aromatic N) is 3. The van der Waals surface area contributed by atoms with Crippen molar-refractivity contribution in [2.75, 3.05) is 13.1 Å². The summed E-state index contributed by atoms with van der Waals surface area (Å²) in [4.78, 5) is 20.3. The van der Waals surface area contributed by atoms with E-state index in [0.29, 0.717) is 33.4 Å². The summed E-state index contributed by atoms with van der Waals surface area (Å²) in [6, 6.07) is 1.52. The molecule has 0 spiro atoms. The molecule has 1 N–H and O–H groups in total. The standard InChI is InChI=1S/C20H30N4O3S2/c1-6-13(2)22-29(26,27)17-12-16(23(5)15(17)4)19-21-14(3)18(28-19)20(25)24-10-8-7-9-11-24/h12-13,22H,6-11H2,1-5H3. The number of sulfonamides is 1. The molecule has 1 atom stereocenters. The molecule has 0 aromatic carbocycles. The van der Waals surface area contributed by atoms with E-state index in [1.165, 1.54) is 17.8 Å². The Balaban J connectivity index is 1.95. The summed E-state index contributed by atoms with van der Waals surface area (Å²) in [6.07, 6.45) is 3.96. The molecule has 2 aromatic heterocycles. The van der Waals surface area contributed by atoms with Crippen molar-refractivity contribution in [1.29, 1.82) is 0 Å². The number of amides is 1. The molecule has 1 amide bonds. The molecule has 0 saturated carbocycles. The van der Waals surface area contributed by atoms with Gasteiger partial charge in [0.25, 0.3) is 5.91 Å². The highest BCUT2D eigenvalue weighted by molar-refractivity contribution is 7.89. The predicted molar refractivity (Wildman–Crippen MR) is 116 cm³/mol. The lowest BCUT2D eigenvalue weighted by Crippen LogP contribution is -2.35. The van der Waals surface area contributed by atoms with Crippen molar-refractivity contribution in [2.45, 2.75) is 64.3 Å². The van der Waals surface area contributed by atoms with Gasteiger partial charge in [-0.2, -0.15) is 0 Å². The lowest BCUT2D eigenvalue weighted by Gasteiger charge is -2.26. The predicted octanol–water partition coefficient (Wildman–Crippen LogP) is 3.47. The van der Waals surface area contributed by atoms with Crippen LogP contribution in [0.1, 0.15) is 60.6 Å². The Morgan fingerprint density at radius 3 is 2.55 bits per heavy atom. The number of rotatable bonds is 6. The molecule has 9 heteroatoms. The highest BCUT2D eigenvalue weighted by Crippen LogP contribution is 2.33. The molecule has 0 aliphatic carbocycles. The van der Waals surface area contributed by atoms with E-state index < -0.39 is 10.0 Å². The molecule has 2 aromatic rings. The quantitative estimate of drug-likeness (QED) is 0.748. The van der Waals surface area contributed by atoms with Gasteiger partial charge in [-0.05, 0) is 52.5 Å². The monoisotopic (exact) mass is 438 g/mol. The average molecular weight is 439 g/mol. The van der Waals surface area contributed by atoms with Crippen LogP contribution in [0, 0.1) is 13.8 Å². The van der Waals surface area contributed by atoms with Gasteiger partial charge in [-0.3, -0.25) is 4.79 Å². The number of aryl methyl sites for hydroxylation is 1. The van der Waals surface area contributed by atoms with Crippen molar-refractivity contribution in [3.05, 3.63) is 22.3 Å². The summed E-state index contributed by atoms with van der Waals surface area (Å²) in [7, 11) is -1.79. The summed E-state index contributed by atoms with van der Waals surface area (Å²) in [5.74, 6) is 0.0307. The Kier molecular flexibility index (Phi) is 6.50. The van der Waals surface area contributed by atoms with E-state index in [1.807, 2.05) is 37.3 Å². The number of hydrogen-bond donors (Lipinski definition) is 1. The van der Waals surface area contributed by atoms with Crippen molar-refractivity contribution >= 4 is 27.3 Å². The Bertz CT molecular complexity index is 1000. The fourth-order valence-corrected chi connectivity index (χ4v) is 6.21. The van der Waals surface area contributed by atoms with E-state index in [2.05, 4.69) is 9.71 Å². The van der Waals surface area contributed by atoms with Gasteiger partial charge in [-0.25, -0.2) is 18.1 Å². The first-order valence-corrected chi connectivity index (χ1v) is 12.4. The molecule has 160 valence electrons. The third kappa shape index (κ3) is 4.41. The fourth-order valence-electron chi connectivity index (χ4n) is 3.51. The molecule has 3 heterocycles. The van der Waals surface area contributed by atoms with Crippen LogP contribution in [0.4, 0.5) is 0 Å². The second-order valence-electron chi connectivity index (χ2n) is 7.76. The van der Waals surface area contributed by atoms with Crippen LogP contribution in [0.2, 0.25) is 0 Å². The second-order valence-corrected chi connectivity index (χ2v) is 10.4. The van der Waals surface area contributed by atoms with E-state index in [-0.39, 0.29) is 16.8 Å². The zero-order chi connectivity index (χ0) is 21.3. The number of aromatic nitrogens is 2. The van der Waals surface area contributed by atoms with Gasteiger partial charge in [0, 0.05) is 31.9 Å². The number of likely N-dealkylation sites (tertiary alicyclic amines) is 1. The molecule has 1 aliphatic heterocycles. The molecule has 1 fully saturated rings. The fraction of sp³-hybridized carbons (Fsp3) is 0.600. The van der Waals surface area contributed by atoms with Crippen molar-refractivity contribution in [3.8, 4) is 10.7 Å². The summed E-state index contributed by atoms with van der Waals surface area (Å²) >= 11 is 1.34. The van der Waals surface area contributed by atoms with Crippen LogP contribution < -0.4 is 4.72 Å².